The number of aryl methyl sites for hydroxylation is 2. The topological polar surface area (TPSA) is 87.2 Å². The van der Waals surface area contributed by atoms with Gasteiger partial charge in [-0.2, -0.15) is 0 Å². The molecule has 0 unspecified atom stereocenters. The fraction of sp³-hybridized carbons (Fsp3) is 0.0455. The summed E-state index contributed by atoms with van der Waals surface area (Å²) in [5, 5.41) is 4.84. The van der Waals surface area contributed by atoms with Gasteiger partial charge in [0, 0.05) is 69.9 Å². The van der Waals surface area contributed by atoms with Gasteiger partial charge in [0.1, 0.15) is 12.7 Å². The third-order valence-electron chi connectivity index (χ3n) is 10.5. The first-order chi connectivity index (χ1) is 25.8. The number of nitrogens with zero attached hydrogens (tertiary/aromatic N) is 8. The molecule has 0 aliphatic heterocycles. The number of rotatable bonds is 4. The summed E-state index contributed by atoms with van der Waals surface area (Å²) in [6.07, 6.45) is 20.1. The Morgan fingerprint density at radius 1 is 0.385 bits per heavy atom. The lowest BCUT2D eigenvalue weighted by molar-refractivity contribution is 0.946. The number of hydrogen-bond donors (Lipinski definition) is 0. The van der Waals surface area contributed by atoms with Crippen LogP contribution in [0.15, 0.2) is 147 Å². The first-order valence-corrected chi connectivity index (χ1v) is 17.3. The van der Waals surface area contributed by atoms with Crippen LogP contribution in [0.3, 0.4) is 0 Å². The van der Waals surface area contributed by atoms with Crippen molar-refractivity contribution >= 4 is 43.6 Å². The van der Waals surface area contributed by atoms with Crippen LogP contribution in [-0.4, -0.2) is 39.0 Å². The molecule has 11 rings (SSSR count). The molecule has 0 fully saturated rings. The molecule has 0 atom stereocenters. The third kappa shape index (κ3) is 4.34. The van der Waals surface area contributed by atoms with E-state index < -0.39 is 0 Å². The second-order valence-corrected chi connectivity index (χ2v) is 13.4. The van der Waals surface area contributed by atoms with Crippen LogP contribution in [0.25, 0.3) is 88.4 Å². The SMILES string of the molecule is c1cncc(-n2c3ccc(-c4cncnc4)cc3c3cc4c(cc32)-c2cc3c(cc2CC4)c2cc(-c4cncnc4)ccc2n3-c2cccnc2)c1. The molecule has 0 bridgehead atoms. The fourth-order valence-electron chi connectivity index (χ4n) is 8.19. The van der Waals surface area contributed by atoms with Crippen molar-refractivity contribution in [3.8, 4) is 44.8 Å². The van der Waals surface area contributed by atoms with Gasteiger partial charge in [-0.25, -0.2) is 19.9 Å². The van der Waals surface area contributed by atoms with E-state index in [4.69, 9.17) is 0 Å². The van der Waals surface area contributed by atoms with E-state index in [0.29, 0.717) is 0 Å². The molecule has 0 spiro atoms. The van der Waals surface area contributed by atoms with E-state index in [1.807, 2.05) is 61.7 Å². The highest BCUT2D eigenvalue weighted by Crippen LogP contribution is 2.44. The summed E-state index contributed by atoms with van der Waals surface area (Å²) < 4.78 is 4.69. The maximum absolute atomic E-state index is 4.51. The molecular formula is C44H28N8. The summed E-state index contributed by atoms with van der Waals surface area (Å²) in [5.41, 5.74) is 16.1. The Balaban J connectivity index is 1.18. The van der Waals surface area contributed by atoms with Gasteiger partial charge in [-0.3, -0.25) is 9.97 Å². The van der Waals surface area contributed by atoms with Crippen molar-refractivity contribution in [1.29, 1.82) is 0 Å². The molecule has 10 aromatic rings. The van der Waals surface area contributed by atoms with Gasteiger partial charge in [0.2, 0.25) is 0 Å². The zero-order valence-electron chi connectivity index (χ0n) is 27.8. The zero-order valence-corrected chi connectivity index (χ0v) is 27.8. The van der Waals surface area contributed by atoms with Gasteiger partial charge < -0.3 is 9.13 Å². The summed E-state index contributed by atoms with van der Waals surface area (Å²) in [4.78, 5) is 26.1. The molecule has 0 radical (unpaired) electrons. The molecule has 6 heterocycles. The fourth-order valence-corrected chi connectivity index (χ4v) is 8.19. The molecule has 52 heavy (non-hydrogen) atoms. The van der Waals surface area contributed by atoms with Crippen LogP contribution in [0.2, 0.25) is 0 Å². The number of hydrogen-bond acceptors (Lipinski definition) is 6. The van der Waals surface area contributed by atoms with Crippen molar-refractivity contribution < 1.29 is 0 Å². The zero-order chi connectivity index (χ0) is 34.2. The minimum atomic E-state index is 0.962. The highest BCUT2D eigenvalue weighted by atomic mass is 15.0. The molecule has 8 nitrogen and oxygen atoms in total. The Kier molecular flexibility index (Phi) is 6.21. The summed E-state index contributed by atoms with van der Waals surface area (Å²) in [5.74, 6) is 0. The van der Waals surface area contributed by atoms with Gasteiger partial charge in [-0.1, -0.05) is 12.1 Å². The van der Waals surface area contributed by atoms with E-state index in [-0.39, 0.29) is 0 Å². The van der Waals surface area contributed by atoms with Gasteiger partial charge in [-0.05, 0) is 119 Å². The lowest BCUT2D eigenvalue weighted by atomic mass is 9.84. The van der Waals surface area contributed by atoms with Crippen LogP contribution in [-0.2, 0) is 12.8 Å². The van der Waals surface area contributed by atoms with E-state index >= 15 is 0 Å². The minimum absolute atomic E-state index is 0.962. The van der Waals surface area contributed by atoms with E-state index in [2.05, 4.69) is 112 Å². The van der Waals surface area contributed by atoms with Crippen molar-refractivity contribution in [2.45, 2.75) is 12.8 Å². The van der Waals surface area contributed by atoms with E-state index in [9.17, 15) is 0 Å². The molecule has 0 saturated heterocycles. The van der Waals surface area contributed by atoms with Crippen LogP contribution in [0.1, 0.15) is 11.1 Å². The van der Waals surface area contributed by atoms with Crippen LogP contribution in [0.5, 0.6) is 0 Å². The summed E-state index contributed by atoms with van der Waals surface area (Å²) in [7, 11) is 0. The smallest absolute Gasteiger partial charge is 0.115 e. The average molecular weight is 669 g/mol. The lowest BCUT2D eigenvalue weighted by Gasteiger charge is -2.21. The Labute approximate surface area is 297 Å². The second-order valence-electron chi connectivity index (χ2n) is 13.4. The quantitative estimate of drug-likeness (QED) is 0.186. The van der Waals surface area contributed by atoms with Crippen molar-refractivity contribution in [1.82, 2.24) is 39.0 Å². The van der Waals surface area contributed by atoms with Crippen LogP contribution >= 0.6 is 0 Å². The molecular weight excluding hydrogens is 641 g/mol. The minimum Gasteiger partial charge on any atom is -0.308 e. The molecule has 0 saturated carbocycles. The highest BCUT2D eigenvalue weighted by molar-refractivity contribution is 6.14. The average Bonchev–Trinajstić information content (AvgIpc) is 3.71. The van der Waals surface area contributed by atoms with Crippen LogP contribution < -0.4 is 0 Å². The largest absolute Gasteiger partial charge is 0.308 e. The first-order valence-electron chi connectivity index (χ1n) is 17.3. The molecule has 8 heteroatoms. The standard InChI is InChI=1S/C44H28N8/c1-3-33(23-45-11-1)51-41-9-7-27(31-19-47-25-48-20-31)13-37(41)39-15-29-5-6-30-16-40-38-14-28(32-21-49-26-50-22-32)8-10-42(38)52(34-4-2-12-46-24-34)44(40)18-36(30)35(29)17-43(39)51/h1-4,7-26H,5-6H2. The van der Waals surface area contributed by atoms with E-state index in [0.717, 1.165) is 68.5 Å². The predicted octanol–water partition coefficient (Wildman–Crippen LogP) is 9.35. The Bertz CT molecular complexity index is 2780. The predicted molar refractivity (Wildman–Crippen MR) is 206 cm³/mol. The van der Waals surface area contributed by atoms with Crippen molar-refractivity contribution in [2.75, 3.05) is 0 Å². The molecule has 1 aliphatic carbocycles. The summed E-state index contributed by atoms with van der Waals surface area (Å²) in [6.45, 7) is 0. The number of benzene rings is 4. The molecule has 1 aliphatic rings. The van der Waals surface area contributed by atoms with E-state index in [1.54, 1.807) is 12.7 Å². The molecule has 244 valence electrons. The Morgan fingerprint density at radius 2 is 0.827 bits per heavy atom. The number of pyridine rings is 2. The summed E-state index contributed by atoms with van der Waals surface area (Å²) >= 11 is 0. The maximum Gasteiger partial charge on any atom is 0.115 e. The Morgan fingerprint density at radius 3 is 1.25 bits per heavy atom. The van der Waals surface area contributed by atoms with Gasteiger partial charge in [0.25, 0.3) is 0 Å². The molecule has 6 aromatic heterocycles. The van der Waals surface area contributed by atoms with Gasteiger partial charge in [0.15, 0.2) is 0 Å². The number of fused-ring (bicyclic) bond motifs is 9. The van der Waals surface area contributed by atoms with Gasteiger partial charge >= 0.3 is 0 Å². The lowest BCUT2D eigenvalue weighted by Crippen LogP contribution is -2.05. The number of aromatic nitrogens is 8. The highest BCUT2D eigenvalue weighted by Gasteiger charge is 2.24. The summed E-state index contributed by atoms with van der Waals surface area (Å²) in [6, 6.07) is 31.2. The normalized spacial score (nSPS) is 12.5. The van der Waals surface area contributed by atoms with Crippen LogP contribution in [0, 0.1) is 0 Å². The molecule has 4 aromatic carbocycles. The van der Waals surface area contributed by atoms with Crippen LogP contribution in [0.4, 0.5) is 0 Å². The Hall–Kier alpha value is -7.06. The van der Waals surface area contributed by atoms with E-state index in [1.165, 1.54) is 43.8 Å². The monoisotopic (exact) mass is 668 g/mol. The molecule has 0 N–H and O–H groups in total. The maximum atomic E-state index is 4.51. The third-order valence-corrected chi connectivity index (χ3v) is 10.5. The second kappa shape index (κ2) is 11.2. The van der Waals surface area contributed by atoms with Crippen molar-refractivity contribution in [3.63, 3.8) is 0 Å². The van der Waals surface area contributed by atoms with Gasteiger partial charge in [-0.15, -0.1) is 0 Å². The molecule has 0 amide bonds. The first kappa shape index (κ1) is 28.7. The van der Waals surface area contributed by atoms with Gasteiger partial charge in [0.05, 0.1) is 45.8 Å². The van der Waals surface area contributed by atoms with Crippen molar-refractivity contribution in [3.05, 3.63) is 158 Å². The van der Waals surface area contributed by atoms with Crippen molar-refractivity contribution in [2.24, 2.45) is 0 Å².